The van der Waals surface area contributed by atoms with Crippen LogP contribution in [0.3, 0.4) is 0 Å². The summed E-state index contributed by atoms with van der Waals surface area (Å²) >= 11 is 1.87. The van der Waals surface area contributed by atoms with Crippen LogP contribution in [0.15, 0.2) is 29.2 Å². The van der Waals surface area contributed by atoms with Crippen LogP contribution >= 0.6 is 11.8 Å². The Morgan fingerprint density at radius 3 is 3.00 bits per heavy atom. The van der Waals surface area contributed by atoms with E-state index in [1.54, 1.807) is 17.8 Å². The van der Waals surface area contributed by atoms with Gasteiger partial charge in [0.05, 0.1) is 5.69 Å². The average molecular weight is 274 g/mol. The maximum absolute atomic E-state index is 11.0. The average Bonchev–Trinajstić information content (AvgIpc) is 2.80. The Labute approximate surface area is 115 Å². The van der Waals surface area contributed by atoms with Gasteiger partial charge in [-0.25, -0.2) is 4.79 Å². The number of benzene rings is 1. The second kappa shape index (κ2) is 4.74. The second-order valence-electron chi connectivity index (χ2n) is 4.62. The predicted molar refractivity (Wildman–Crippen MR) is 74.6 cm³/mol. The molecule has 0 saturated heterocycles. The van der Waals surface area contributed by atoms with Crippen molar-refractivity contribution >= 4 is 17.7 Å². The molecule has 1 aromatic heterocycles. The Kier molecular flexibility index (Phi) is 3.06. The van der Waals surface area contributed by atoms with Gasteiger partial charge in [-0.2, -0.15) is 5.10 Å². The topological polar surface area (TPSA) is 55.1 Å². The molecule has 2 aromatic rings. The van der Waals surface area contributed by atoms with Crippen molar-refractivity contribution in [3.05, 3.63) is 35.5 Å². The lowest BCUT2D eigenvalue weighted by Crippen LogP contribution is -2.00. The number of aryl methyl sites for hydroxylation is 2. The minimum Gasteiger partial charge on any atom is -0.476 e. The van der Waals surface area contributed by atoms with Gasteiger partial charge in [0.25, 0.3) is 0 Å². The molecule has 3 rings (SSSR count). The molecular formula is C14H14N2O2S. The highest BCUT2D eigenvalue weighted by Crippen LogP contribution is 2.33. The number of carboxylic acid groups (broad SMARTS) is 1. The molecule has 0 spiro atoms. The van der Waals surface area contributed by atoms with Gasteiger partial charge in [0, 0.05) is 17.5 Å². The van der Waals surface area contributed by atoms with Gasteiger partial charge in [0.2, 0.25) is 0 Å². The van der Waals surface area contributed by atoms with Crippen LogP contribution in [0.25, 0.3) is 11.3 Å². The van der Waals surface area contributed by atoms with E-state index >= 15 is 0 Å². The molecule has 98 valence electrons. The predicted octanol–water partition coefficient (Wildman–Crippen LogP) is 2.82. The highest BCUT2D eigenvalue weighted by molar-refractivity contribution is 7.99. The van der Waals surface area contributed by atoms with E-state index in [1.165, 1.54) is 16.9 Å². The molecule has 0 unspecified atom stereocenters. The Morgan fingerprint density at radius 2 is 2.26 bits per heavy atom. The van der Waals surface area contributed by atoms with Crippen LogP contribution in [-0.4, -0.2) is 26.6 Å². The number of hydrogen-bond donors (Lipinski definition) is 1. The summed E-state index contributed by atoms with van der Waals surface area (Å²) in [5.74, 6) is 0.163. The summed E-state index contributed by atoms with van der Waals surface area (Å²) < 4.78 is 1.62. The summed E-state index contributed by atoms with van der Waals surface area (Å²) in [5, 5.41) is 13.0. The number of aromatic carboxylic acids is 1. The maximum atomic E-state index is 11.0. The molecule has 0 saturated carbocycles. The van der Waals surface area contributed by atoms with Gasteiger partial charge < -0.3 is 5.11 Å². The zero-order valence-corrected chi connectivity index (χ0v) is 11.4. The molecule has 0 fully saturated rings. The summed E-state index contributed by atoms with van der Waals surface area (Å²) in [7, 11) is 1.77. The van der Waals surface area contributed by atoms with Gasteiger partial charge in [-0.15, -0.1) is 11.8 Å². The third kappa shape index (κ3) is 2.26. The molecule has 0 amide bonds. The first-order chi connectivity index (χ1) is 9.15. The largest absolute Gasteiger partial charge is 0.476 e. The summed E-state index contributed by atoms with van der Waals surface area (Å²) in [6, 6.07) is 7.96. The van der Waals surface area contributed by atoms with Crippen molar-refractivity contribution in [2.24, 2.45) is 7.05 Å². The zero-order chi connectivity index (χ0) is 13.4. The van der Waals surface area contributed by atoms with Gasteiger partial charge in [-0.05, 0) is 36.3 Å². The third-order valence-corrected chi connectivity index (χ3v) is 4.49. The van der Waals surface area contributed by atoms with Crippen LogP contribution < -0.4 is 0 Å². The molecule has 0 aliphatic carbocycles. The first-order valence-corrected chi connectivity index (χ1v) is 7.17. The molecule has 1 aromatic carbocycles. The number of nitrogens with zero attached hydrogens (tertiary/aromatic N) is 2. The van der Waals surface area contributed by atoms with Crippen molar-refractivity contribution in [2.45, 2.75) is 17.7 Å². The number of aromatic nitrogens is 2. The van der Waals surface area contributed by atoms with Crippen LogP contribution in [0.1, 0.15) is 22.5 Å². The lowest BCUT2D eigenvalue weighted by atomic mass is 10.1. The van der Waals surface area contributed by atoms with Gasteiger partial charge in [-0.1, -0.05) is 12.1 Å². The number of hydrogen-bond acceptors (Lipinski definition) is 3. The summed E-state index contributed by atoms with van der Waals surface area (Å²) in [5.41, 5.74) is 3.34. The zero-order valence-electron chi connectivity index (χ0n) is 10.6. The van der Waals surface area contributed by atoms with Crippen molar-refractivity contribution in [2.75, 3.05) is 5.75 Å². The van der Waals surface area contributed by atoms with Crippen LogP contribution in [0.5, 0.6) is 0 Å². The normalized spacial score (nSPS) is 14.2. The Balaban J connectivity index is 2.04. The summed E-state index contributed by atoms with van der Waals surface area (Å²) in [6.07, 6.45) is 2.36. The standard InChI is InChI=1S/C14H14N2O2S/c1-16-12(8-11(15-16)14(17)18)10-5-4-9-3-2-6-19-13(9)7-10/h4-5,7-8H,2-3,6H2,1H3,(H,17,18). The van der Waals surface area contributed by atoms with Crippen molar-refractivity contribution in [1.29, 1.82) is 0 Å². The van der Waals surface area contributed by atoms with E-state index in [-0.39, 0.29) is 5.69 Å². The van der Waals surface area contributed by atoms with Crippen molar-refractivity contribution in [3.63, 3.8) is 0 Å². The monoisotopic (exact) mass is 274 g/mol. The molecule has 1 N–H and O–H groups in total. The van der Waals surface area contributed by atoms with Gasteiger partial charge in [0.15, 0.2) is 5.69 Å². The maximum Gasteiger partial charge on any atom is 0.356 e. The van der Waals surface area contributed by atoms with E-state index in [9.17, 15) is 4.79 Å². The number of carbonyl (C=O) groups is 1. The van der Waals surface area contributed by atoms with Crippen molar-refractivity contribution < 1.29 is 9.90 Å². The Hall–Kier alpha value is -1.75. The third-order valence-electron chi connectivity index (χ3n) is 3.31. The summed E-state index contributed by atoms with van der Waals surface area (Å²) in [4.78, 5) is 12.3. The molecule has 0 bridgehead atoms. The minimum atomic E-state index is -0.991. The van der Waals surface area contributed by atoms with Crippen molar-refractivity contribution in [1.82, 2.24) is 9.78 Å². The summed E-state index contributed by atoms with van der Waals surface area (Å²) in [6.45, 7) is 0. The van der Waals surface area contributed by atoms with E-state index in [1.807, 2.05) is 17.8 Å². The minimum absolute atomic E-state index is 0.0860. The Morgan fingerprint density at radius 1 is 1.42 bits per heavy atom. The number of carboxylic acids is 1. The fraction of sp³-hybridized carbons (Fsp3) is 0.286. The number of rotatable bonds is 2. The van der Waals surface area contributed by atoms with Gasteiger partial charge >= 0.3 is 5.97 Å². The van der Waals surface area contributed by atoms with E-state index in [2.05, 4.69) is 17.2 Å². The molecule has 2 heterocycles. The highest BCUT2D eigenvalue weighted by Gasteiger charge is 2.15. The van der Waals surface area contributed by atoms with E-state index < -0.39 is 5.97 Å². The van der Waals surface area contributed by atoms with Crippen LogP contribution in [0.2, 0.25) is 0 Å². The molecule has 1 aliphatic heterocycles. The highest BCUT2D eigenvalue weighted by atomic mass is 32.2. The quantitative estimate of drug-likeness (QED) is 0.915. The Bertz CT molecular complexity index is 649. The van der Waals surface area contributed by atoms with E-state index in [0.717, 1.165) is 23.4 Å². The van der Waals surface area contributed by atoms with Crippen LogP contribution in [0.4, 0.5) is 0 Å². The van der Waals surface area contributed by atoms with Crippen LogP contribution in [-0.2, 0) is 13.5 Å². The molecule has 0 atom stereocenters. The molecule has 4 nitrogen and oxygen atoms in total. The van der Waals surface area contributed by atoms with E-state index in [4.69, 9.17) is 5.11 Å². The molecule has 19 heavy (non-hydrogen) atoms. The molecular weight excluding hydrogens is 260 g/mol. The molecule has 0 radical (unpaired) electrons. The lowest BCUT2D eigenvalue weighted by Gasteiger charge is -2.16. The van der Waals surface area contributed by atoms with Gasteiger partial charge in [0.1, 0.15) is 0 Å². The SMILES string of the molecule is Cn1nc(C(=O)O)cc1-c1ccc2c(c1)SCCC2. The number of fused-ring (bicyclic) bond motifs is 1. The fourth-order valence-electron chi connectivity index (χ4n) is 2.34. The molecule has 5 heteroatoms. The number of thioether (sulfide) groups is 1. The van der Waals surface area contributed by atoms with Crippen LogP contribution in [0, 0.1) is 0 Å². The smallest absolute Gasteiger partial charge is 0.356 e. The first kappa shape index (κ1) is 12.3. The lowest BCUT2D eigenvalue weighted by molar-refractivity contribution is 0.0689. The van der Waals surface area contributed by atoms with Crippen molar-refractivity contribution in [3.8, 4) is 11.3 Å². The van der Waals surface area contributed by atoms with Gasteiger partial charge in [-0.3, -0.25) is 4.68 Å². The second-order valence-corrected chi connectivity index (χ2v) is 5.75. The van der Waals surface area contributed by atoms with E-state index in [0.29, 0.717) is 0 Å². The first-order valence-electron chi connectivity index (χ1n) is 6.18. The fourth-order valence-corrected chi connectivity index (χ4v) is 3.42. The molecule has 1 aliphatic rings.